The summed E-state index contributed by atoms with van der Waals surface area (Å²) >= 11 is 0. The number of para-hydroxylation sites is 2. The molecule has 7 rings (SSSR count). The zero-order valence-corrected chi connectivity index (χ0v) is 20.9. The lowest BCUT2D eigenvalue weighted by Gasteiger charge is -2.09. The van der Waals surface area contributed by atoms with E-state index < -0.39 is 0 Å². The molecule has 2 aromatic heterocycles. The van der Waals surface area contributed by atoms with Crippen LogP contribution in [0.5, 0.6) is 0 Å². The highest BCUT2D eigenvalue weighted by atomic mass is 16.3. The lowest BCUT2D eigenvalue weighted by atomic mass is 10.0. The smallest absolute Gasteiger partial charge is 0.227 e. The molecule has 0 amide bonds. The second kappa shape index (κ2) is 9.80. The Morgan fingerprint density at radius 2 is 0.744 bits per heavy atom. The van der Waals surface area contributed by atoms with E-state index >= 15 is 0 Å². The monoisotopic (exact) mass is 502 g/mol. The molecule has 0 aliphatic heterocycles. The second-order valence-corrected chi connectivity index (χ2v) is 9.18. The molecule has 0 unspecified atom stereocenters. The minimum atomic E-state index is 0.586. The summed E-state index contributed by atoms with van der Waals surface area (Å²) in [6.07, 6.45) is 0. The van der Waals surface area contributed by atoms with Crippen molar-refractivity contribution in [3.8, 4) is 56.7 Å². The molecule has 7 aromatic rings. The minimum Gasteiger partial charge on any atom is -0.436 e. The van der Waals surface area contributed by atoms with Crippen LogP contribution in [0.2, 0.25) is 0 Å². The van der Waals surface area contributed by atoms with E-state index in [4.69, 9.17) is 19.4 Å². The standard InChI is InChI=1S/C34H22N4O/c1-3-9-23(10-4-1)24-15-17-26(18-16-24)32-36-31(25-11-5-2-6-12-25)37-33(38-32)27-19-21-28(22-20-27)34-35-29-13-7-8-14-30(29)39-34/h1-22H. The number of aromatic nitrogens is 4. The topological polar surface area (TPSA) is 64.7 Å². The Labute approximate surface area is 225 Å². The van der Waals surface area contributed by atoms with Crippen molar-refractivity contribution in [2.24, 2.45) is 0 Å². The van der Waals surface area contributed by atoms with Crippen LogP contribution in [0.25, 0.3) is 67.8 Å². The number of nitrogens with zero attached hydrogens (tertiary/aromatic N) is 4. The van der Waals surface area contributed by atoms with Gasteiger partial charge in [0, 0.05) is 22.3 Å². The Bertz CT molecular complexity index is 1850. The van der Waals surface area contributed by atoms with Crippen LogP contribution in [0.15, 0.2) is 138 Å². The fourth-order valence-corrected chi connectivity index (χ4v) is 4.55. The van der Waals surface area contributed by atoms with Gasteiger partial charge in [0.25, 0.3) is 0 Å². The lowest BCUT2D eigenvalue weighted by Crippen LogP contribution is -2.00. The van der Waals surface area contributed by atoms with Gasteiger partial charge < -0.3 is 4.42 Å². The van der Waals surface area contributed by atoms with E-state index in [0.29, 0.717) is 23.4 Å². The fourth-order valence-electron chi connectivity index (χ4n) is 4.55. The predicted octanol–water partition coefficient (Wildman–Crippen LogP) is 8.35. The van der Waals surface area contributed by atoms with Gasteiger partial charge in [-0.25, -0.2) is 19.9 Å². The molecular weight excluding hydrogens is 480 g/mol. The SMILES string of the molecule is c1ccc(-c2ccc(-c3nc(-c4ccccc4)nc(-c4ccc(-c5nc6ccccc6o5)cc4)n3)cc2)cc1. The van der Waals surface area contributed by atoms with Gasteiger partial charge in [-0.15, -0.1) is 0 Å². The fraction of sp³-hybridized carbons (Fsp3) is 0. The van der Waals surface area contributed by atoms with Crippen LogP contribution < -0.4 is 0 Å². The Hall–Kier alpha value is -5.42. The predicted molar refractivity (Wildman–Crippen MR) is 155 cm³/mol. The molecule has 0 radical (unpaired) electrons. The number of hydrogen-bond acceptors (Lipinski definition) is 5. The van der Waals surface area contributed by atoms with Crippen LogP contribution in [0.4, 0.5) is 0 Å². The normalized spacial score (nSPS) is 11.1. The first kappa shape index (κ1) is 22.8. The lowest BCUT2D eigenvalue weighted by molar-refractivity contribution is 0.620. The number of rotatable bonds is 5. The molecule has 0 fully saturated rings. The van der Waals surface area contributed by atoms with Gasteiger partial charge >= 0.3 is 0 Å². The third kappa shape index (κ3) is 4.58. The maximum Gasteiger partial charge on any atom is 0.227 e. The highest BCUT2D eigenvalue weighted by molar-refractivity contribution is 5.77. The molecule has 0 saturated heterocycles. The summed E-state index contributed by atoms with van der Waals surface area (Å²) in [5, 5.41) is 0. The van der Waals surface area contributed by atoms with E-state index in [1.54, 1.807) is 0 Å². The molecule has 0 bridgehead atoms. The molecule has 0 N–H and O–H groups in total. The number of hydrogen-bond donors (Lipinski definition) is 0. The van der Waals surface area contributed by atoms with Crippen LogP contribution in [0, 0.1) is 0 Å². The van der Waals surface area contributed by atoms with E-state index in [9.17, 15) is 0 Å². The Morgan fingerprint density at radius 1 is 0.333 bits per heavy atom. The van der Waals surface area contributed by atoms with Gasteiger partial charge in [0.15, 0.2) is 23.1 Å². The molecule has 5 aromatic carbocycles. The highest BCUT2D eigenvalue weighted by Crippen LogP contribution is 2.29. The van der Waals surface area contributed by atoms with Gasteiger partial charge in [-0.05, 0) is 35.4 Å². The molecule has 0 aliphatic carbocycles. The van der Waals surface area contributed by atoms with Gasteiger partial charge in [-0.3, -0.25) is 0 Å². The average Bonchev–Trinajstić information content (AvgIpc) is 3.46. The van der Waals surface area contributed by atoms with Crippen molar-refractivity contribution in [3.63, 3.8) is 0 Å². The molecule has 0 spiro atoms. The van der Waals surface area contributed by atoms with Crippen molar-refractivity contribution in [2.75, 3.05) is 0 Å². The van der Waals surface area contributed by atoms with E-state index in [-0.39, 0.29) is 0 Å². The summed E-state index contributed by atoms with van der Waals surface area (Å²) in [5.74, 6) is 2.45. The molecule has 5 nitrogen and oxygen atoms in total. The summed E-state index contributed by atoms with van der Waals surface area (Å²) < 4.78 is 5.94. The van der Waals surface area contributed by atoms with Gasteiger partial charge in [0.05, 0.1) is 0 Å². The molecule has 2 heterocycles. The maximum atomic E-state index is 5.94. The van der Waals surface area contributed by atoms with Crippen molar-refractivity contribution in [3.05, 3.63) is 133 Å². The summed E-state index contributed by atoms with van der Waals surface area (Å²) in [5.41, 5.74) is 7.57. The van der Waals surface area contributed by atoms with Crippen molar-refractivity contribution in [2.45, 2.75) is 0 Å². The van der Waals surface area contributed by atoms with Crippen LogP contribution in [-0.2, 0) is 0 Å². The third-order valence-corrected chi connectivity index (χ3v) is 6.60. The summed E-state index contributed by atoms with van der Waals surface area (Å²) in [6.45, 7) is 0. The molecule has 184 valence electrons. The Balaban J connectivity index is 1.28. The Kier molecular flexibility index (Phi) is 5.72. The maximum absolute atomic E-state index is 5.94. The third-order valence-electron chi connectivity index (χ3n) is 6.60. The summed E-state index contributed by atoms with van der Waals surface area (Å²) in [4.78, 5) is 19.2. The molecule has 5 heteroatoms. The van der Waals surface area contributed by atoms with E-state index in [1.165, 1.54) is 5.56 Å². The molecule has 0 aliphatic rings. The van der Waals surface area contributed by atoms with Crippen LogP contribution in [0.1, 0.15) is 0 Å². The molecular formula is C34H22N4O. The molecule has 0 atom stereocenters. The summed E-state index contributed by atoms with van der Waals surface area (Å²) in [6, 6.07) is 44.4. The van der Waals surface area contributed by atoms with Crippen LogP contribution in [0.3, 0.4) is 0 Å². The van der Waals surface area contributed by atoms with E-state index in [0.717, 1.165) is 38.9 Å². The number of oxazole rings is 1. The van der Waals surface area contributed by atoms with Gasteiger partial charge in [0.2, 0.25) is 5.89 Å². The largest absolute Gasteiger partial charge is 0.436 e. The van der Waals surface area contributed by atoms with Gasteiger partial charge in [0.1, 0.15) is 5.52 Å². The number of benzene rings is 5. The van der Waals surface area contributed by atoms with Crippen molar-refractivity contribution in [1.82, 2.24) is 19.9 Å². The van der Waals surface area contributed by atoms with Crippen molar-refractivity contribution < 1.29 is 4.42 Å². The Morgan fingerprint density at radius 3 is 1.31 bits per heavy atom. The van der Waals surface area contributed by atoms with Crippen molar-refractivity contribution in [1.29, 1.82) is 0 Å². The van der Waals surface area contributed by atoms with Gasteiger partial charge in [-0.1, -0.05) is 109 Å². The first-order valence-electron chi connectivity index (χ1n) is 12.7. The molecule has 39 heavy (non-hydrogen) atoms. The second-order valence-electron chi connectivity index (χ2n) is 9.18. The first-order chi connectivity index (χ1) is 19.3. The highest BCUT2D eigenvalue weighted by Gasteiger charge is 2.14. The first-order valence-corrected chi connectivity index (χ1v) is 12.7. The van der Waals surface area contributed by atoms with Crippen molar-refractivity contribution >= 4 is 11.1 Å². The van der Waals surface area contributed by atoms with E-state index in [2.05, 4.69) is 41.4 Å². The summed E-state index contributed by atoms with van der Waals surface area (Å²) in [7, 11) is 0. The van der Waals surface area contributed by atoms with E-state index in [1.807, 2.05) is 97.1 Å². The minimum absolute atomic E-state index is 0.586. The quantitative estimate of drug-likeness (QED) is 0.237. The molecule has 0 saturated carbocycles. The van der Waals surface area contributed by atoms with Crippen LogP contribution >= 0.6 is 0 Å². The van der Waals surface area contributed by atoms with Gasteiger partial charge in [-0.2, -0.15) is 0 Å². The number of fused-ring (bicyclic) bond motifs is 1. The zero-order chi connectivity index (χ0) is 26.0. The zero-order valence-electron chi connectivity index (χ0n) is 20.9. The average molecular weight is 503 g/mol. The van der Waals surface area contributed by atoms with Crippen LogP contribution in [-0.4, -0.2) is 19.9 Å².